The Kier molecular flexibility index (Phi) is 5.50. The van der Waals surface area contributed by atoms with Gasteiger partial charge < -0.3 is 9.80 Å². The molecule has 1 aromatic carbocycles. The molecule has 154 valence electrons. The lowest BCUT2D eigenvalue weighted by atomic mass is 10.3. The number of aromatic nitrogens is 3. The predicted molar refractivity (Wildman–Crippen MR) is 116 cm³/mol. The van der Waals surface area contributed by atoms with Crippen LogP contribution in [0.5, 0.6) is 0 Å². The summed E-state index contributed by atoms with van der Waals surface area (Å²) in [5, 5.41) is 5.56. The first kappa shape index (κ1) is 20.5. The van der Waals surface area contributed by atoms with Crippen molar-refractivity contribution in [3.63, 3.8) is 0 Å². The Bertz CT molecular complexity index is 1150. The Morgan fingerprint density at radius 2 is 1.76 bits per heavy atom. The molecule has 0 N–H and O–H groups in total. The molecule has 0 spiro atoms. The van der Waals surface area contributed by atoms with Gasteiger partial charge in [-0.2, -0.15) is 9.61 Å². The minimum Gasteiger partial charge on any atom is -0.354 e. The van der Waals surface area contributed by atoms with Crippen molar-refractivity contribution < 1.29 is 8.42 Å². The highest BCUT2D eigenvalue weighted by atomic mass is 35.5. The van der Waals surface area contributed by atoms with E-state index >= 15 is 0 Å². The van der Waals surface area contributed by atoms with E-state index in [0.29, 0.717) is 15.7 Å². The van der Waals surface area contributed by atoms with Crippen molar-refractivity contribution >= 4 is 44.7 Å². The number of nitrogens with zero attached hydrogens (tertiary/aromatic N) is 5. The maximum absolute atomic E-state index is 13.5. The highest BCUT2D eigenvalue weighted by Gasteiger charge is 2.30. The SMILES string of the molecule is CSc1nn2c(N3CCN(C)CC3)cc(C)nc2c1S(=O)(=O)c1ccc(Cl)cc1. The standard InChI is InChI=1S/C19H22ClN5O2S2/c1-13-12-16(24-10-8-23(2)9-11-24)25-18(21-13)17(19(22-25)28-3)29(26,27)15-6-4-14(20)5-7-15/h4-7,12H,8-11H2,1-3H3. The van der Waals surface area contributed by atoms with E-state index < -0.39 is 9.84 Å². The maximum Gasteiger partial charge on any atom is 0.213 e. The number of thioether (sulfide) groups is 1. The number of likely N-dealkylation sites (N-methyl/N-ethyl adjacent to an activating group) is 1. The summed E-state index contributed by atoms with van der Waals surface area (Å²) in [6, 6.07) is 8.15. The average molecular weight is 452 g/mol. The molecular formula is C19H22ClN5O2S2. The van der Waals surface area contributed by atoms with Gasteiger partial charge in [-0.15, -0.1) is 11.8 Å². The zero-order valence-corrected chi connectivity index (χ0v) is 18.9. The minimum absolute atomic E-state index is 0.145. The molecule has 0 amide bonds. The molecule has 2 aromatic heterocycles. The topological polar surface area (TPSA) is 70.8 Å². The molecule has 0 atom stereocenters. The van der Waals surface area contributed by atoms with Crippen LogP contribution in [0, 0.1) is 6.92 Å². The van der Waals surface area contributed by atoms with Gasteiger partial charge in [0.25, 0.3) is 0 Å². The molecule has 29 heavy (non-hydrogen) atoms. The Balaban J connectivity index is 1.92. The summed E-state index contributed by atoms with van der Waals surface area (Å²) in [7, 11) is -1.71. The summed E-state index contributed by atoms with van der Waals surface area (Å²) < 4.78 is 28.6. The van der Waals surface area contributed by atoms with E-state index in [2.05, 4.69) is 26.9 Å². The summed E-state index contributed by atoms with van der Waals surface area (Å²) in [6.07, 6.45) is 1.82. The summed E-state index contributed by atoms with van der Waals surface area (Å²) >= 11 is 7.24. The second kappa shape index (κ2) is 7.79. The highest BCUT2D eigenvalue weighted by molar-refractivity contribution is 7.99. The van der Waals surface area contributed by atoms with Crippen LogP contribution in [0.1, 0.15) is 5.69 Å². The van der Waals surface area contributed by atoms with E-state index in [9.17, 15) is 8.42 Å². The summed E-state index contributed by atoms with van der Waals surface area (Å²) in [5.41, 5.74) is 1.12. The van der Waals surface area contributed by atoms with E-state index in [1.807, 2.05) is 19.2 Å². The predicted octanol–water partition coefficient (Wildman–Crippen LogP) is 3.00. The number of anilines is 1. The molecule has 4 rings (SSSR count). The smallest absolute Gasteiger partial charge is 0.213 e. The number of benzene rings is 1. The maximum atomic E-state index is 13.5. The Hall–Kier alpha value is -1.81. The molecule has 7 nitrogen and oxygen atoms in total. The zero-order valence-electron chi connectivity index (χ0n) is 16.5. The molecule has 1 fully saturated rings. The summed E-state index contributed by atoms with van der Waals surface area (Å²) in [5.74, 6) is 0.869. The van der Waals surface area contributed by atoms with Crippen LogP contribution < -0.4 is 4.90 Å². The normalized spacial score (nSPS) is 15.9. The Morgan fingerprint density at radius 3 is 2.38 bits per heavy atom. The van der Waals surface area contributed by atoms with Crippen LogP contribution in [0.2, 0.25) is 5.02 Å². The van der Waals surface area contributed by atoms with E-state index in [0.717, 1.165) is 37.7 Å². The first-order chi connectivity index (χ1) is 13.8. The Morgan fingerprint density at radius 1 is 1.10 bits per heavy atom. The average Bonchev–Trinajstić information content (AvgIpc) is 3.07. The van der Waals surface area contributed by atoms with Gasteiger partial charge in [0.05, 0.1) is 4.90 Å². The van der Waals surface area contributed by atoms with Crippen molar-refractivity contribution in [2.24, 2.45) is 0 Å². The molecule has 1 aliphatic heterocycles. The molecule has 1 saturated heterocycles. The molecule has 1 aliphatic rings. The molecular weight excluding hydrogens is 430 g/mol. The molecule has 0 bridgehead atoms. The lowest BCUT2D eigenvalue weighted by molar-refractivity contribution is 0.311. The fraction of sp³-hybridized carbons (Fsp3) is 0.368. The van der Waals surface area contributed by atoms with E-state index in [-0.39, 0.29) is 9.79 Å². The molecule has 0 radical (unpaired) electrons. The number of sulfone groups is 1. The molecule has 3 heterocycles. The molecule has 0 saturated carbocycles. The lowest BCUT2D eigenvalue weighted by Gasteiger charge is -2.34. The quantitative estimate of drug-likeness (QED) is 0.564. The molecule has 0 unspecified atom stereocenters. The van der Waals surface area contributed by atoms with E-state index in [1.54, 1.807) is 16.6 Å². The number of halogens is 1. The second-order valence-electron chi connectivity index (χ2n) is 7.08. The van der Waals surface area contributed by atoms with Crippen LogP contribution >= 0.6 is 23.4 Å². The van der Waals surface area contributed by atoms with Crippen molar-refractivity contribution in [2.75, 3.05) is 44.4 Å². The summed E-state index contributed by atoms with van der Waals surface area (Å²) in [6.45, 7) is 5.46. The van der Waals surface area contributed by atoms with Gasteiger partial charge in [0.1, 0.15) is 10.8 Å². The van der Waals surface area contributed by atoms with Crippen molar-refractivity contribution in [2.45, 2.75) is 21.7 Å². The number of aryl methyl sites for hydroxylation is 1. The molecule has 10 heteroatoms. The van der Waals surface area contributed by atoms with Crippen LogP contribution in [-0.4, -0.2) is 67.4 Å². The highest BCUT2D eigenvalue weighted by Crippen LogP contribution is 2.34. The van der Waals surface area contributed by atoms with Gasteiger partial charge in [-0.05, 0) is 44.5 Å². The summed E-state index contributed by atoms with van der Waals surface area (Å²) in [4.78, 5) is 9.40. The first-order valence-electron chi connectivity index (χ1n) is 9.20. The van der Waals surface area contributed by atoms with Crippen molar-refractivity contribution in [3.8, 4) is 0 Å². The van der Waals surface area contributed by atoms with Gasteiger partial charge in [0, 0.05) is 43.0 Å². The van der Waals surface area contributed by atoms with Crippen LogP contribution in [0.4, 0.5) is 5.82 Å². The van der Waals surface area contributed by atoms with Gasteiger partial charge in [-0.3, -0.25) is 0 Å². The van der Waals surface area contributed by atoms with Crippen LogP contribution in [-0.2, 0) is 9.84 Å². The fourth-order valence-electron chi connectivity index (χ4n) is 3.44. The third-order valence-corrected chi connectivity index (χ3v) is 7.90. The van der Waals surface area contributed by atoms with E-state index in [1.165, 1.54) is 23.9 Å². The van der Waals surface area contributed by atoms with Gasteiger partial charge >= 0.3 is 0 Å². The zero-order chi connectivity index (χ0) is 20.8. The third-order valence-electron chi connectivity index (χ3n) is 5.04. The van der Waals surface area contributed by atoms with Gasteiger partial charge in [-0.25, -0.2) is 13.4 Å². The molecule has 3 aromatic rings. The number of rotatable bonds is 4. The number of hydrogen-bond donors (Lipinski definition) is 0. The second-order valence-corrected chi connectivity index (χ2v) is 10.2. The molecule has 0 aliphatic carbocycles. The van der Waals surface area contributed by atoms with Crippen molar-refractivity contribution in [1.82, 2.24) is 19.5 Å². The first-order valence-corrected chi connectivity index (χ1v) is 12.3. The van der Waals surface area contributed by atoms with Crippen molar-refractivity contribution in [3.05, 3.63) is 41.0 Å². The monoisotopic (exact) mass is 451 g/mol. The van der Waals surface area contributed by atoms with Crippen molar-refractivity contribution in [1.29, 1.82) is 0 Å². The van der Waals surface area contributed by atoms with Gasteiger partial charge in [0.15, 0.2) is 10.5 Å². The van der Waals surface area contributed by atoms with Crippen LogP contribution in [0.3, 0.4) is 0 Å². The fourth-order valence-corrected chi connectivity index (χ4v) is 5.96. The largest absolute Gasteiger partial charge is 0.354 e. The van der Waals surface area contributed by atoms with Gasteiger partial charge in [0.2, 0.25) is 9.84 Å². The minimum atomic E-state index is -3.81. The number of piperazine rings is 1. The Labute approximate surface area is 179 Å². The van der Waals surface area contributed by atoms with Crippen LogP contribution in [0.15, 0.2) is 45.1 Å². The third kappa shape index (κ3) is 3.72. The van der Waals surface area contributed by atoms with Crippen LogP contribution in [0.25, 0.3) is 5.65 Å². The van der Waals surface area contributed by atoms with Gasteiger partial charge in [-0.1, -0.05) is 11.6 Å². The van der Waals surface area contributed by atoms with E-state index in [4.69, 9.17) is 11.6 Å². The number of fused-ring (bicyclic) bond motifs is 1. The number of hydrogen-bond acceptors (Lipinski definition) is 7. The lowest BCUT2D eigenvalue weighted by Crippen LogP contribution is -2.45.